The predicted octanol–water partition coefficient (Wildman–Crippen LogP) is 3.41. The van der Waals surface area contributed by atoms with Crippen molar-refractivity contribution in [2.24, 2.45) is 7.05 Å². The largest absolute Gasteiger partial charge is 0.454 e. The maximum Gasteiger partial charge on any atom is 0.272 e. The number of hydrogen-bond acceptors (Lipinski definition) is 4. The minimum atomic E-state index is -0.787. The van der Waals surface area contributed by atoms with E-state index in [4.69, 9.17) is 4.74 Å². The molecule has 3 rings (SSSR count). The third kappa shape index (κ3) is 2.53. The van der Waals surface area contributed by atoms with Gasteiger partial charge in [-0.25, -0.2) is 4.39 Å². The second-order valence-corrected chi connectivity index (χ2v) is 4.50. The van der Waals surface area contributed by atoms with E-state index in [1.807, 2.05) is 6.20 Å². The van der Waals surface area contributed by atoms with Crippen LogP contribution in [0.1, 0.15) is 0 Å². The molecule has 0 spiro atoms. The lowest BCUT2D eigenvalue weighted by Gasteiger charge is -2.06. The van der Waals surface area contributed by atoms with E-state index in [-0.39, 0.29) is 11.4 Å². The van der Waals surface area contributed by atoms with Gasteiger partial charge in [0.1, 0.15) is 5.75 Å². The van der Waals surface area contributed by atoms with Crippen LogP contribution in [0, 0.1) is 15.9 Å². The monoisotopic (exact) mass is 287 g/mol. The van der Waals surface area contributed by atoms with Crippen LogP contribution in [0.3, 0.4) is 0 Å². The molecule has 1 heterocycles. The van der Waals surface area contributed by atoms with Gasteiger partial charge in [0.25, 0.3) is 5.69 Å². The Morgan fingerprint density at radius 2 is 2.10 bits per heavy atom. The first-order valence-corrected chi connectivity index (χ1v) is 6.08. The minimum Gasteiger partial charge on any atom is -0.454 e. The van der Waals surface area contributed by atoms with Crippen LogP contribution in [0.5, 0.6) is 11.5 Å². The zero-order valence-electron chi connectivity index (χ0n) is 11.0. The average molecular weight is 287 g/mol. The number of aryl methyl sites for hydroxylation is 1. The number of non-ortho nitro benzene ring substituents is 1. The normalized spacial score (nSPS) is 10.8. The molecule has 0 amide bonds. The number of aromatic nitrogens is 2. The van der Waals surface area contributed by atoms with Gasteiger partial charge in [-0.1, -0.05) is 0 Å². The Hall–Kier alpha value is -2.96. The van der Waals surface area contributed by atoms with E-state index >= 15 is 0 Å². The number of nitro benzene ring substituents is 1. The predicted molar refractivity (Wildman–Crippen MR) is 73.8 cm³/mol. The molecule has 21 heavy (non-hydrogen) atoms. The first-order valence-electron chi connectivity index (χ1n) is 6.08. The molecule has 7 heteroatoms. The van der Waals surface area contributed by atoms with E-state index in [1.54, 1.807) is 29.9 Å². The van der Waals surface area contributed by atoms with E-state index in [0.29, 0.717) is 5.75 Å². The summed E-state index contributed by atoms with van der Waals surface area (Å²) in [5, 5.41) is 15.7. The summed E-state index contributed by atoms with van der Waals surface area (Å²) in [7, 11) is 1.80. The van der Waals surface area contributed by atoms with Crippen LogP contribution >= 0.6 is 0 Å². The second kappa shape index (κ2) is 4.86. The van der Waals surface area contributed by atoms with E-state index in [1.165, 1.54) is 12.1 Å². The quantitative estimate of drug-likeness (QED) is 0.546. The Morgan fingerprint density at radius 1 is 1.29 bits per heavy atom. The van der Waals surface area contributed by atoms with Gasteiger partial charge in [0.05, 0.1) is 16.5 Å². The number of rotatable bonds is 3. The molecular weight excluding hydrogens is 277 g/mol. The molecule has 0 unspecified atom stereocenters. The third-order valence-electron chi connectivity index (χ3n) is 2.95. The highest BCUT2D eigenvalue weighted by Crippen LogP contribution is 2.29. The van der Waals surface area contributed by atoms with Gasteiger partial charge in [-0.3, -0.25) is 14.8 Å². The Bertz CT molecular complexity index is 845. The van der Waals surface area contributed by atoms with Crippen LogP contribution in [0.4, 0.5) is 10.1 Å². The van der Waals surface area contributed by atoms with Crippen LogP contribution in [0.25, 0.3) is 10.9 Å². The SMILES string of the molecule is Cn1cc2ccc(Oc3ccc([N+](=O)[O-])cc3F)cc2n1. The Labute approximate surface area is 118 Å². The van der Waals surface area contributed by atoms with Gasteiger partial charge in [-0.15, -0.1) is 0 Å². The van der Waals surface area contributed by atoms with Gasteiger partial charge >= 0.3 is 0 Å². The van der Waals surface area contributed by atoms with Gasteiger partial charge < -0.3 is 4.74 Å². The molecule has 0 saturated heterocycles. The van der Waals surface area contributed by atoms with E-state index in [2.05, 4.69) is 5.10 Å². The van der Waals surface area contributed by atoms with Gasteiger partial charge in [0.2, 0.25) is 0 Å². The summed E-state index contributed by atoms with van der Waals surface area (Å²) < 4.78 is 20.8. The molecule has 0 aliphatic carbocycles. The standard InChI is InChI=1S/C14H10FN3O3/c1-17-8-9-2-4-11(7-13(9)16-17)21-14-5-3-10(18(19)20)6-12(14)15/h2-8H,1H3. The number of nitro groups is 1. The van der Waals surface area contributed by atoms with Crippen LogP contribution in [0.2, 0.25) is 0 Å². The Kier molecular flexibility index (Phi) is 3.02. The molecular formula is C14H10FN3O3. The maximum atomic E-state index is 13.8. The maximum absolute atomic E-state index is 13.8. The molecule has 0 radical (unpaired) electrons. The molecule has 6 nitrogen and oxygen atoms in total. The molecule has 1 aromatic heterocycles. The van der Waals surface area contributed by atoms with Crippen LogP contribution in [-0.2, 0) is 7.05 Å². The molecule has 0 aliphatic heterocycles. The number of halogens is 1. The Balaban J connectivity index is 1.92. The number of benzene rings is 2. The van der Waals surface area contributed by atoms with Crippen molar-refractivity contribution in [2.45, 2.75) is 0 Å². The molecule has 2 aromatic carbocycles. The minimum absolute atomic E-state index is 0.0733. The molecule has 0 bridgehead atoms. The number of nitrogens with zero attached hydrogens (tertiary/aromatic N) is 3. The molecule has 0 fully saturated rings. The first kappa shape index (κ1) is 13.0. The van der Waals surface area contributed by atoms with Gasteiger partial charge in [0, 0.05) is 30.8 Å². The highest BCUT2D eigenvalue weighted by Gasteiger charge is 2.12. The van der Waals surface area contributed by atoms with E-state index in [0.717, 1.165) is 17.0 Å². The molecule has 0 aliphatic rings. The lowest BCUT2D eigenvalue weighted by molar-refractivity contribution is -0.385. The fourth-order valence-corrected chi connectivity index (χ4v) is 2.00. The first-order chi connectivity index (χ1) is 10.0. The summed E-state index contributed by atoms with van der Waals surface area (Å²) >= 11 is 0. The lowest BCUT2D eigenvalue weighted by atomic mass is 10.2. The van der Waals surface area contributed by atoms with Gasteiger partial charge in [0.15, 0.2) is 11.6 Å². The highest BCUT2D eigenvalue weighted by molar-refractivity contribution is 5.79. The number of ether oxygens (including phenoxy) is 1. The van der Waals surface area contributed by atoms with Crippen molar-refractivity contribution < 1.29 is 14.1 Å². The topological polar surface area (TPSA) is 70.2 Å². The number of hydrogen-bond donors (Lipinski definition) is 0. The summed E-state index contributed by atoms with van der Waals surface area (Å²) in [6, 6.07) is 8.42. The fraction of sp³-hybridized carbons (Fsp3) is 0.0714. The van der Waals surface area contributed by atoms with Crippen LogP contribution < -0.4 is 4.74 Å². The van der Waals surface area contributed by atoms with Crippen molar-refractivity contribution in [3.05, 3.63) is 58.5 Å². The molecule has 0 saturated carbocycles. The van der Waals surface area contributed by atoms with E-state index < -0.39 is 10.7 Å². The van der Waals surface area contributed by atoms with Crippen LogP contribution in [0.15, 0.2) is 42.6 Å². The number of fused-ring (bicyclic) bond motifs is 1. The zero-order valence-corrected chi connectivity index (χ0v) is 11.0. The molecule has 106 valence electrons. The third-order valence-corrected chi connectivity index (χ3v) is 2.95. The summed E-state index contributed by atoms with van der Waals surface area (Å²) in [5.41, 5.74) is 0.400. The molecule has 3 aromatic rings. The zero-order chi connectivity index (χ0) is 15.0. The van der Waals surface area contributed by atoms with Crippen molar-refractivity contribution in [3.63, 3.8) is 0 Å². The van der Waals surface area contributed by atoms with Crippen molar-refractivity contribution in [2.75, 3.05) is 0 Å². The summed E-state index contributed by atoms with van der Waals surface area (Å²) in [6.07, 6.45) is 1.85. The van der Waals surface area contributed by atoms with Crippen molar-refractivity contribution >= 4 is 16.6 Å². The van der Waals surface area contributed by atoms with Crippen molar-refractivity contribution in [1.82, 2.24) is 9.78 Å². The van der Waals surface area contributed by atoms with Gasteiger partial charge in [-0.2, -0.15) is 5.10 Å². The molecule has 0 N–H and O–H groups in total. The second-order valence-electron chi connectivity index (χ2n) is 4.50. The summed E-state index contributed by atoms with van der Waals surface area (Å²) in [6.45, 7) is 0. The summed E-state index contributed by atoms with van der Waals surface area (Å²) in [4.78, 5) is 9.90. The average Bonchev–Trinajstić information content (AvgIpc) is 2.80. The highest BCUT2D eigenvalue weighted by atomic mass is 19.1. The van der Waals surface area contributed by atoms with Crippen LogP contribution in [-0.4, -0.2) is 14.7 Å². The summed E-state index contributed by atoms with van der Waals surface area (Å²) in [5.74, 6) is -0.449. The van der Waals surface area contributed by atoms with Crippen molar-refractivity contribution in [1.29, 1.82) is 0 Å². The smallest absolute Gasteiger partial charge is 0.272 e. The van der Waals surface area contributed by atoms with Gasteiger partial charge in [-0.05, 0) is 18.2 Å². The fourth-order valence-electron chi connectivity index (χ4n) is 2.00. The Morgan fingerprint density at radius 3 is 2.81 bits per heavy atom. The molecule has 0 atom stereocenters. The lowest BCUT2D eigenvalue weighted by Crippen LogP contribution is -1.92. The van der Waals surface area contributed by atoms with E-state index in [9.17, 15) is 14.5 Å². The van der Waals surface area contributed by atoms with Crippen molar-refractivity contribution in [3.8, 4) is 11.5 Å².